The molecule has 0 saturated heterocycles. The van der Waals surface area contributed by atoms with E-state index in [0.717, 1.165) is 16.8 Å². The van der Waals surface area contributed by atoms with E-state index in [2.05, 4.69) is 14.5 Å². The van der Waals surface area contributed by atoms with E-state index in [1.54, 1.807) is 32.4 Å². The number of hydrogen-bond acceptors (Lipinski definition) is 6. The fraction of sp³-hybridized carbons (Fsp3) is 0.333. The number of ether oxygens (including phenoxy) is 3. The van der Waals surface area contributed by atoms with Crippen molar-refractivity contribution in [2.24, 2.45) is 0 Å². The number of hydrogen-bond donors (Lipinski definition) is 1. The van der Waals surface area contributed by atoms with E-state index in [-0.39, 0.29) is 5.97 Å². The zero-order chi connectivity index (χ0) is 17.9. The van der Waals surface area contributed by atoms with Gasteiger partial charge >= 0.3 is 5.97 Å². The maximum absolute atomic E-state index is 11.5. The zero-order valence-corrected chi connectivity index (χ0v) is 14.5. The lowest BCUT2D eigenvalue weighted by Crippen LogP contribution is -2.02. The van der Waals surface area contributed by atoms with E-state index in [9.17, 15) is 4.79 Å². The van der Waals surface area contributed by atoms with Gasteiger partial charge in [0.25, 0.3) is 0 Å². The Morgan fingerprint density at radius 1 is 1.08 bits per heavy atom. The SMILES string of the molecule is COC(=O)c1ccc(C)c(-c2cccc(N)n2)c1.COCCOC. The number of nitrogens with zero attached hydrogens (tertiary/aromatic N) is 1. The minimum Gasteiger partial charge on any atom is -0.465 e. The number of pyridine rings is 1. The number of carbonyl (C=O) groups excluding carboxylic acids is 1. The summed E-state index contributed by atoms with van der Waals surface area (Å²) in [5, 5.41) is 0. The van der Waals surface area contributed by atoms with Crippen LogP contribution in [-0.4, -0.2) is 45.5 Å². The van der Waals surface area contributed by atoms with Gasteiger partial charge in [0.15, 0.2) is 0 Å². The highest BCUT2D eigenvalue weighted by atomic mass is 16.5. The lowest BCUT2D eigenvalue weighted by atomic mass is 10.0. The number of methoxy groups -OCH3 is 3. The molecule has 2 N–H and O–H groups in total. The summed E-state index contributed by atoms with van der Waals surface area (Å²) in [6.45, 7) is 3.34. The molecule has 2 aromatic rings. The third-order valence-electron chi connectivity index (χ3n) is 3.20. The average Bonchev–Trinajstić information content (AvgIpc) is 2.60. The summed E-state index contributed by atoms with van der Waals surface area (Å²) < 4.78 is 14.0. The quantitative estimate of drug-likeness (QED) is 0.669. The monoisotopic (exact) mass is 332 g/mol. The molecule has 0 fully saturated rings. The van der Waals surface area contributed by atoms with Gasteiger partial charge in [0, 0.05) is 19.8 Å². The van der Waals surface area contributed by atoms with E-state index >= 15 is 0 Å². The molecular formula is C18H24N2O4. The lowest BCUT2D eigenvalue weighted by molar-refractivity contribution is 0.0601. The molecule has 0 spiro atoms. The highest BCUT2D eigenvalue weighted by Crippen LogP contribution is 2.23. The first kappa shape index (κ1) is 19.6. The maximum atomic E-state index is 11.5. The minimum absolute atomic E-state index is 0.361. The molecule has 1 aromatic heterocycles. The maximum Gasteiger partial charge on any atom is 0.337 e. The van der Waals surface area contributed by atoms with E-state index in [1.807, 2.05) is 25.1 Å². The largest absolute Gasteiger partial charge is 0.465 e. The second kappa shape index (κ2) is 10.4. The first-order valence-electron chi connectivity index (χ1n) is 7.43. The molecule has 130 valence electrons. The molecule has 0 atom stereocenters. The van der Waals surface area contributed by atoms with Gasteiger partial charge in [-0.2, -0.15) is 0 Å². The molecule has 0 radical (unpaired) electrons. The van der Waals surface area contributed by atoms with Crippen molar-refractivity contribution in [1.82, 2.24) is 4.98 Å². The van der Waals surface area contributed by atoms with Crippen LogP contribution in [0.15, 0.2) is 36.4 Å². The highest BCUT2D eigenvalue weighted by Gasteiger charge is 2.10. The van der Waals surface area contributed by atoms with Gasteiger partial charge in [-0.3, -0.25) is 0 Å². The molecule has 0 saturated carbocycles. The summed E-state index contributed by atoms with van der Waals surface area (Å²) in [5.41, 5.74) is 8.83. The van der Waals surface area contributed by atoms with Crippen LogP contribution in [0.4, 0.5) is 5.82 Å². The molecule has 1 aromatic carbocycles. The molecule has 6 nitrogen and oxygen atoms in total. The molecule has 0 aliphatic heterocycles. The smallest absolute Gasteiger partial charge is 0.337 e. The molecule has 2 rings (SSSR count). The van der Waals surface area contributed by atoms with E-state index < -0.39 is 0 Å². The van der Waals surface area contributed by atoms with Crippen molar-refractivity contribution in [2.75, 3.05) is 40.3 Å². The first-order chi connectivity index (χ1) is 11.5. The number of aromatic nitrogens is 1. The number of nitrogens with two attached hydrogens (primary N) is 1. The van der Waals surface area contributed by atoms with Crippen molar-refractivity contribution in [3.63, 3.8) is 0 Å². The van der Waals surface area contributed by atoms with Gasteiger partial charge in [-0.05, 0) is 36.8 Å². The van der Waals surface area contributed by atoms with Crippen molar-refractivity contribution in [3.05, 3.63) is 47.5 Å². The average molecular weight is 332 g/mol. The van der Waals surface area contributed by atoms with Crippen LogP contribution in [0.1, 0.15) is 15.9 Å². The summed E-state index contributed by atoms with van der Waals surface area (Å²) in [7, 11) is 4.67. The molecular weight excluding hydrogens is 308 g/mol. The van der Waals surface area contributed by atoms with Gasteiger partial charge in [0.2, 0.25) is 0 Å². The third-order valence-corrected chi connectivity index (χ3v) is 3.20. The number of esters is 1. The Morgan fingerprint density at radius 3 is 2.29 bits per heavy atom. The minimum atomic E-state index is -0.361. The second-order valence-corrected chi connectivity index (χ2v) is 4.95. The molecule has 6 heteroatoms. The molecule has 1 heterocycles. The fourth-order valence-electron chi connectivity index (χ4n) is 1.91. The van der Waals surface area contributed by atoms with Crippen LogP contribution in [0, 0.1) is 6.92 Å². The predicted molar refractivity (Wildman–Crippen MR) is 93.9 cm³/mol. The van der Waals surface area contributed by atoms with Crippen LogP contribution in [0.2, 0.25) is 0 Å². The fourth-order valence-corrected chi connectivity index (χ4v) is 1.91. The van der Waals surface area contributed by atoms with Gasteiger partial charge in [-0.25, -0.2) is 9.78 Å². The summed E-state index contributed by atoms with van der Waals surface area (Å²) >= 11 is 0. The number of aryl methyl sites for hydroxylation is 1. The van der Waals surface area contributed by atoms with Gasteiger partial charge < -0.3 is 19.9 Å². The number of carbonyl (C=O) groups is 1. The lowest BCUT2D eigenvalue weighted by Gasteiger charge is -2.08. The summed E-state index contributed by atoms with van der Waals surface area (Å²) in [6.07, 6.45) is 0. The van der Waals surface area contributed by atoms with Crippen LogP contribution < -0.4 is 5.73 Å². The van der Waals surface area contributed by atoms with E-state index in [0.29, 0.717) is 24.6 Å². The standard InChI is InChI=1S/C14H14N2O2.C4H10O2/c1-9-6-7-10(14(17)18-2)8-11(9)12-4-3-5-13(15)16-12;1-5-3-4-6-2/h3-8H,1-2H3,(H2,15,16);3-4H2,1-2H3. The molecule has 0 aliphatic rings. The number of rotatable bonds is 5. The van der Waals surface area contributed by atoms with E-state index in [1.165, 1.54) is 7.11 Å². The van der Waals surface area contributed by atoms with Crippen LogP contribution in [-0.2, 0) is 14.2 Å². The normalized spacial score (nSPS) is 9.83. The molecule has 0 amide bonds. The number of benzene rings is 1. The molecule has 0 unspecified atom stereocenters. The Bertz CT molecular complexity index is 655. The van der Waals surface area contributed by atoms with Crippen molar-refractivity contribution in [2.45, 2.75) is 6.92 Å². The Morgan fingerprint density at radius 2 is 1.75 bits per heavy atom. The Kier molecular flexibility index (Phi) is 8.46. The summed E-state index contributed by atoms with van der Waals surface area (Å²) in [6, 6.07) is 10.8. The number of anilines is 1. The molecule has 0 aliphatic carbocycles. The topological polar surface area (TPSA) is 83.7 Å². The van der Waals surface area contributed by atoms with Crippen LogP contribution in [0.25, 0.3) is 11.3 Å². The van der Waals surface area contributed by atoms with Crippen molar-refractivity contribution < 1.29 is 19.0 Å². The van der Waals surface area contributed by atoms with Crippen LogP contribution >= 0.6 is 0 Å². The van der Waals surface area contributed by atoms with Crippen LogP contribution in [0.3, 0.4) is 0 Å². The second-order valence-electron chi connectivity index (χ2n) is 4.95. The zero-order valence-electron chi connectivity index (χ0n) is 14.5. The predicted octanol–water partition coefficient (Wildman–Crippen LogP) is 2.71. The van der Waals surface area contributed by atoms with E-state index in [4.69, 9.17) is 10.5 Å². The Labute approximate surface area is 142 Å². The summed E-state index contributed by atoms with van der Waals surface area (Å²) in [4.78, 5) is 15.8. The van der Waals surface area contributed by atoms with Gasteiger partial charge in [0.05, 0.1) is 31.6 Å². The van der Waals surface area contributed by atoms with Gasteiger partial charge in [-0.15, -0.1) is 0 Å². The van der Waals surface area contributed by atoms with Gasteiger partial charge in [0.1, 0.15) is 5.82 Å². The Hall–Kier alpha value is -2.44. The van der Waals surface area contributed by atoms with Crippen LogP contribution in [0.5, 0.6) is 0 Å². The van der Waals surface area contributed by atoms with Gasteiger partial charge in [-0.1, -0.05) is 12.1 Å². The highest BCUT2D eigenvalue weighted by molar-refractivity contribution is 5.91. The number of nitrogen functional groups attached to an aromatic ring is 1. The summed E-state index contributed by atoms with van der Waals surface area (Å²) in [5.74, 6) is 0.0931. The van der Waals surface area contributed by atoms with Crippen molar-refractivity contribution in [1.29, 1.82) is 0 Å². The third kappa shape index (κ3) is 5.98. The molecule has 0 bridgehead atoms. The first-order valence-corrected chi connectivity index (χ1v) is 7.43. The Balaban J connectivity index is 0.000000413. The van der Waals surface area contributed by atoms with Crippen molar-refractivity contribution in [3.8, 4) is 11.3 Å². The molecule has 24 heavy (non-hydrogen) atoms. The van der Waals surface area contributed by atoms with Crippen molar-refractivity contribution >= 4 is 11.8 Å².